The van der Waals surface area contributed by atoms with Crippen molar-refractivity contribution in [3.05, 3.63) is 0 Å². The van der Waals surface area contributed by atoms with Crippen molar-refractivity contribution in [3.63, 3.8) is 0 Å². The van der Waals surface area contributed by atoms with Gasteiger partial charge in [0.25, 0.3) is 0 Å². The van der Waals surface area contributed by atoms with Crippen molar-refractivity contribution in [2.45, 2.75) is 26.2 Å². The maximum absolute atomic E-state index is 11.5. The van der Waals surface area contributed by atoms with Gasteiger partial charge in [-0.1, -0.05) is 6.92 Å². The number of nitrogens with zero attached hydrogens (tertiary/aromatic N) is 2. The number of carbonyl (C=O) groups excluding carboxylic acids is 2. The molecule has 0 rings (SSSR count). The second kappa shape index (κ2) is 8.95. The summed E-state index contributed by atoms with van der Waals surface area (Å²) >= 11 is 0. The van der Waals surface area contributed by atoms with Crippen LogP contribution in [0.3, 0.4) is 0 Å². The molecule has 0 aliphatic heterocycles. The Morgan fingerprint density at radius 1 is 1.24 bits per heavy atom. The van der Waals surface area contributed by atoms with E-state index in [1.807, 2.05) is 6.92 Å². The Bertz CT molecular complexity index is 244. The lowest BCUT2D eigenvalue weighted by Crippen LogP contribution is -2.37. The van der Waals surface area contributed by atoms with Gasteiger partial charge in [-0.15, -0.1) is 0 Å². The molecule has 0 aromatic heterocycles. The fourth-order valence-electron chi connectivity index (χ4n) is 1.37. The Morgan fingerprint density at radius 2 is 1.88 bits per heavy atom. The van der Waals surface area contributed by atoms with E-state index in [-0.39, 0.29) is 11.8 Å². The van der Waals surface area contributed by atoms with Crippen LogP contribution in [-0.2, 0) is 9.59 Å². The van der Waals surface area contributed by atoms with Crippen LogP contribution < -0.4 is 11.3 Å². The van der Waals surface area contributed by atoms with Gasteiger partial charge in [0.1, 0.15) is 0 Å². The molecular weight excluding hydrogens is 220 g/mol. The molecule has 100 valence electrons. The van der Waals surface area contributed by atoms with Gasteiger partial charge in [-0.25, -0.2) is 5.84 Å². The predicted octanol–water partition coefficient (Wildman–Crippen LogP) is -0.443. The Hall–Kier alpha value is -1.14. The van der Waals surface area contributed by atoms with Gasteiger partial charge in [0.05, 0.1) is 6.54 Å². The van der Waals surface area contributed by atoms with E-state index >= 15 is 0 Å². The van der Waals surface area contributed by atoms with Crippen LogP contribution in [-0.4, -0.2) is 55.3 Å². The molecular formula is C11H24N4O2. The Labute approximate surface area is 103 Å². The third-order valence-electron chi connectivity index (χ3n) is 2.59. The van der Waals surface area contributed by atoms with E-state index < -0.39 is 0 Å². The number of hydrogen-bond donors (Lipinski definition) is 2. The van der Waals surface area contributed by atoms with Crippen molar-refractivity contribution in [3.8, 4) is 0 Å². The molecule has 0 aromatic rings. The summed E-state index contributed by atoms with van der Waals surface area (Å²) < 4.78 is 0. The van der Waals surface area contributed by atoms with Crippen LogP contribution in [0.25, 0.3) is 0 Å². The number of nitrogens with two attached hydrogens (primary N) is 1. The lowest BCUT2D eigenvalue weighted by molar-refractivity contribution is -0.130. The molecule has 0 saturated carbocycles. The molecule has 0 aliphatic carbocycles. The largest absolute Gasteiger partial charge is 0.348 e. The summed E-state index contributed by atoms with van der Waals surface area (Å²) in [6.07, 6.45) is 2.12. The first-order chi connectivity index (χ1) is 8.01. The van der Waals surface area contributed by atoms with E-state index in [1.165, 1.54) is 0 Å². The number of unbranched alkanes of at least 4 members (excludes halogenated alkanes) is 1. The van der Waals surface area contributed by atoms with Gasteiger partial charge >= 0.3 is 0 Å². The van der Waals surface area contributed by atoms with Crippen molar-refractivity contribution in [1.29, 1.82) is 0 Å². The Morgan fingerprint density at radius 3 is 2.35 bits per heavy atom. The molecule has 0 radical (unpaired) electrons. The number of likely N-dealkylation sites (N-methyl/N-ethyl adjacent to an activating group) is 2. The van der Waals surface area contributed by atoms with Crippen LogP contribution in [0.5, 0.6) is 0 Å². The minimum Gasteiger partial charge on any atom is -0.348 e. The molecule has 3 N–H and O–H groups in total. The molecule has 0 atom stereocenters. The Balaban J connectivity index is 3.75. The zero-order valence-electron chi connectivity index (χ0n) is 11.0. The number of carbonyl (C=O) groups is 2. The topological polar surface area (TPSA) is 78.7 Å². The maximum atomic E-state index is 11.5. The number of hydrogen-bond acceptors (Lipinski definition) is 4. The van der Waals surface area contributed by atoms with Crippen molar-refractivity contribution in [1.82, 2.24) is 15.2 Å². The van der Waals surface area contributed by atoms with Crippen LogP contribution in [0.4, 0.5) is 0 Å². The van der Waals surface area contributed by atoms with Crippen molar-refractivity contribution in [2.75, 3.05) is 33.7 Å². The molecule has 0 saturated heterocycles. The standard InChI is InChI=1S/C11H24N4O2/c1-4-15(9-11(17)14(2)3)8-6-5-7-10(16)13-12/h4-9,12H2,1-3H3,(H,13,16). The zero-order valence-corrected chi connectivity index (χ0v) is 11.0. The number of rotatable bonds is 8. The summed E-state index contributed by atoms with van der Waals surface area (Å²) in [6.45, 7) is 4.12. The molecule has 0 spiro atoms. The van der Waals surface area contributed by atoms with Gasteiger partial charge in [-0.05, 0) is 25.9 Å². The molecule has 6 nitrogen and oxygen atoms in total. The minimum atomic E-state index is -0.141. The molecule has 0 heterocycles. The van der Waals surface area contributed by atoms with Crippen LogP contribution in [0.2, 0.25) is 0 Å². The third-order valence-corrected chi connectivity index (χ3v) is 2.59. The highest BCUT2D eigenvalue weighted by molar-refractivity contribution is 5.77. The highest BCUT2D eigenvalue weighted by Crippen LogP contribution is 1.99. The van der Waals surface area contributed by atoms with Gasteiger partial charge in [0, 0.05) is 20.5 Å². The van der Waals surface area contributed by atoms with Crippen LogP contribution >= 0.6 is 0 Å². The van der Waals surface area contributed by atoms with Crippen molar-refractivity contribution >= 4 is 11.8 Å². The summed E-state index contributed by atoms with van der Waals surface area (Å²) in [5.41, 5.74) is 2.10. The minimum absolute atomic E-state index is 0.103. The van der Waals surface area contributed by atoms with E-state index in [1.54, 1.807) is 19.0 Å². The fourth-order valence-corrected chi connectivity index (χ4v) is 1.37. The van der Waals surface area contributed by atoms with Crippen LogP contribution in [0.1, 0.15) is 26.2 Å². The molecule has 6 heteroatoms. The first-order valence-electron chi connectivity index (χ1n) is 5.93. The first-order valence-corrected chi connectivity index (χ1v) is 5.93. The van der Waals surface area contributed by atoms with E-state index in [0.717, 1.165) is 25.9 Å². The van der Waals surface area contributed by atoms with E-state index in [2.05, 4.69) is 10.3 Å². The van der Waals surface area contributed by atoms with Gasteiger partial charge in [-0.2, -0.15) is 0 Å². The first kappa shape index (κ1) is 15.9. The monoisotopic (exact) mass is 244 g/mol. The molecule has 0 unspecified atom stereocenters. The normalized spacial score (nSPS) is 10.4. The SMILES string of the molecule is CCN(CCCCC(=O)NN)CC(=O)N(C)C. The highest BCUT2D eigenvalue weighted by Gasteiger charge is 2.10. The molecule has 0 fully saturated rings. The zero-order chi connectivity index (χ0) is 13.3. The second-order valence-electron chi connectivity index (χ2n) is 4.18. The molecule has 0 bridgehead atoms. The summed E-state index contributed by atoms with van der Waals surface area (Å²) in [5.74, 6) is 4.94. The van der Waals surface area contributed by atoms with Crippen molar-refractivity contribution in [2.24, 2.45) is 5.84 Å². The second-order valence-corrected chi connectivity index (χ2v) is 4.18. The average molecular weight is 244 g/mol. The van der Waals surface area contributed by atoms with Crippen LogP contribution in [0.15, 0.2) is 0 Å². The van der Waals surface area contributed by atoms with Gasteiger partial charge in [0.15, 0.2) is 0 Å². The van der Waals surface area contributed by atoms with Crippen molar-refractivity contribution < 1.29 is 9.59 Å². The summed E-state index contributed by atoms with van der Waals surface area (Å²) in [6, 6.07) is 0. The Kier molecular flexibility index (Phi) is 8.35. The molecule has 0 aromatic carbocycles. The van der Waals surface area contributed by atoms with E-state index in [9.17, 15) is 9.59 Å². The summed E-state index contributed by atoms with van der Waals surface area (Å²) in [7, 11) is 3.50. The van der Waals surface area contributed by atoms with Gasteiger partial charge < -0.3 is 4.90 Å². The van der Waals surface area contributed by atoms with Gasteiger partial charge in [-0.3, -0.25) is 19.9 Å². The molecule has 17 heavy (non-hydrogen) atoms. The number of hydrazine groups is 1. The lowest BCUT2D eigenvalue weighted by atomic mass is 10.2. The highest BCUT2D eigenvalue weighted by atomic mass is 16.2. The molecule has 2 amide bonds. The number of amides is 2. The number of nitrogens with one attached hydrogen (secondary N) is 1. The third kappa shape index (κ3) is 7.70. The summed E-state index contributed by atoms with van der Waals surface area (Å²) in [5, 5.41) is 0. The van der Waals surface area contributed by atoms with Gasteiger partial charge in [0.2, 0.25) is 11.8 Å². The fraction of sp³-hybridized carbons (Fsp3) is 0.818. The smallest absolute Gasteiger partial charge is 0.236 e. The predicted molar refractivity (Wildman–Crippen MR) is 67.0 cm³/mol. The van der Waals surface area contributed by atoms with Crippen LogP contribution in [0, 0.1) is 0 Å². The summed E-state index contributed by atoms with van der Waals surface area (Å²) in [4.78, 5) is 26.0. The molecule has 0 aliphatic rings. The lowest BCUT2D eigenvalue weighted by Gasteiger charge is -2.21. The van der Waals surface area contributed by atoms with E-state index in [0.29, 0.717) is 13.0 Å². The quantitative estimate of drug-likeness (QED) is 0.262. The van der Waals surface area contributed by atoms with E-state index in [4.69, 9.17) is 5.84 Å². The maximum Gasteiger partial charge on any atom is 0.236 e. The average Bonchev–Trinajstić information content (AvgIpc) is 2.31.